The molecule has 1 rings (SSSR count). The zero-order valence-corrected chi connectivity index (χ0v) is 7.13. The Bertz CT molecular complexity index is 139. The number of hydrazine groups is 1. The summed E-state index contributed by atoms with van der Waals surface area (Å²) in [7, 11) is 6.12. The van der Waals surface area contributed by atoms with E-state index in [1.54, 1.807) is 0 Å². The van der Waals surface area contributed by atoms with Gasteiger partial charge in [-0.2, -0.15) is 0 Å². The van der Waals surface area contributed by atoms with E-state index in [1.165, 1.54) is 0 Å². The van der Waals surface area contributed by atoms with Gasteiger partial charge in [-0.1, -0.05) is 6.58 Å². The zero-order chi connectivity index (χ0) is 7.89. The van der Waals surface area contributed by atoms with Crippen molar-refractivity contribution in [2.45, 2.75) is 13.1 Å². The minimum absolute atomic E-state index is 0.428. The summed E-state index contributed by atoms with van der Waals surface area (Å²) in [5.74, 6) is 1.05. The van der Waals surface area contributed by atoms with Gasteiger partial charge in [0.15, 0.2) is 0 Å². The highest BCUT2D eigenvalue weighted by molar-refractivity contribution is 4.96. The zero-order valence-electron chi connectivity index (χ0n) is 7.13. The molecule has 58 valence electrons. The van der Waals surface area contributed by atoms with E-state index in [2.05, 4.69) is 30.5 Å². The summed E-state index contributed by atoms with van der Waals surface area (Å²) in [4.78, 5) is 2.14. The lowest BCUT2D eigenvalue weighted by Gasteiger charge is -2.21. The Balaban J connectivity index is 2.78. The Kier molecular flexibility index (Phi) is 1.60. The molecule has 1 atom stereocenters. The Hall–Kier alpha value is -0.700. The van der Waals surface area contributed by atoms with Gasteiger partial charge in [-0.3, -0.25) is 5.01 Å². The highest BCUT2D eigenvalue weighted by Gasteiger charge is 2.28. The molecule has 0 aromatic rings. The van der Waals surface area contributed by atoms with Crippen molar-refractivity contribution in [3.8, 4) is 0 Å². The second kappa shape index (κ2) is 2.16. The van der Waals surface area contributed by atoms with Gasteiger partial charge in [-0.15, -0.1) is 0 Å². The van der Waals surface area contributed by atoms with Gasteiger partial charge in [0, 0.05) is 21.1 Å². The average molecular weight is 141 g/mol. The van der Waals surface area contributed by atoms with Gasteiger partial charge >= 0.3 is 0 Å². The number of hydrogen-bond acceptors (Lipinski definition) is 3. The molecule has 1 heterocycles. The molecule has 0 spiro atoms. The van der Waals surface area contributed by atoms with Crippen molar-refractivity contribution in [3.63, 3.8) is 0 Å². The number of rotatable bonds is 0. The monoisotopic (exact) mass is 141 g/mol. The van der Waals surface area contributed by atoms with Crippen molar-refractivity contribution < 1.29 is 0 Å². The van der Waals surface area contributed by atoms with Crippen LogP contribution in [0.15, 0.2) is 12.4 Å². The summed E-state index contributed by atoms with van der Waals surface area (Å²) in [6.07, 6.45) is 0.428. The van der Waals surface area contributed by atoms with Gasteiger partial charge < -0.3 is 4.90 Å². The van der Waals surface area contributed by atoms with Gasteiger partial charge in [-0.25, -0.2) is 5.01 Å². The fraction of sp³-hybridized carbons (Fsp3) is 0.714. The first-order valence-electron chi connectivity index (χ1n) is 3.44. The molecular formula is C7H15N3. The smallest absolute Gasteiger partial charge is 0.112 e. The lowest BCUT2D eigenvalue weighted by atomic mass is 10.5. The van der Waals surface area contributed by atoms with Gasteiger partial charge in [-0.05, 0) is 6.92 Å². The molecule has 0 saturated carbocycles. The van der Waals surface area contributed by atoms with Crippen molar-refractivity contribution in [1.82, 2.24) is 14.9 Å². The number of nitrogens with zero attached hydrogens (tertiary/aromatic N) is 3. The van der Waals surface area contributed by atoms with E-state index in [0.29, 0.717) is 6.17 Å². The van der Waals surface area contributed by atoms with E-state index < -0.39 is 0 Å². The molecule has 0 radical (unpaired) electrons. The van der Waals surface area contributed by atoms with Crippen LogP contribution in [0.2, 0.25) is 0 Å². The second-order valence-corrected chi connectivity index (χ2v) is 2.76. The minimum Gasteiger partial charge on any atom is -0.344 e. The van der Waals surface area contributed by atoms with Crippen LogP contribution >= 0.6 is 0 Å². The lowest BCUT2D eigenvalue weighted by Crippen LogP contribution is -2.34. The molecule has 0 bridgehead atoms. The van der Waals surface area contributed by atoms with Crippen LogP contribution in [-0.4, -0.2) is 42.2 Å². The fourth-order valence-electron chi connectivity index (χ4n) is 1.13. The van der Waals surface area contributed by atoms with Crippen LogP contribution in [0.5, 0.6) is 0 Å². The predicted molar refractivity (Wildman–Crippen MR) is 41.9 cm³/mol. The maximum Gasteiger partial charge on any atom is 0.112 e. The maximum absolute atomic E-state index is 3.93. The SMILES string of the molecule is C=C1N(C)C(C)N(C)N1C. The van der Waals surface area contributed by atoms with Gasteiger partial charge in [0.1, 0.15) is 5.82 Å². The third kappa shape index (κ3) is 0.778. The predicted octanol–water partition coefficient (Wildman–Crippen LogP) is 0.528. The van der Waals surface area contributed by atoms with Crippen LogP contribution < -0.4 is 0 Å². The van der Waals surface area contributed by atoms with Crippen molar-refractivity contribution in [3.05, 3.63) is 12.4 Å². The van der Waals surface area contributed by atoms with Crippen molar-refractivity contribution in [1.29, 1.82) is 0 Å². The maximum atomic E-state index is 3.93. The molecule has 3 nitrogen and oxygen atoms in total. The molecule has 1 aliphatic heterocycles. The molecule has 0 aromatic heterocycles. The van der Waals surface area contributed by atoms with Crippen molar-refractivity contribution in [2.24, 2.45) is 0 Å². The first-order chi connectivity index (χ1) is 4.55. The highest BCUT2D eigenvalue weighted by atomic mass is 15.7. The Morgan fingerprint density at radius 3 is 1.90 bits per heavy atom. The third-order valence-electron chi connectivity index (χ3n) is 2.36. The van der Waals surface area contributed by atoms with Crippen LogP contribution in [-0.2, 0) is 0 Å². The van der Waals surface area contributed by atoms with Crippen LogP contribution in [0, 0.1) is 0 Å². The summed E-state index contributed by atoms with van der Waals surface area (Å²) in [5.41, 5.74) is 0. The summed E-state index contributed by atoms with van der Waals surface area (Å²) in [6, 6.07) is 0. The molecule has 0 aromatic carbocycles. The largest absolute Gasteiger partial charge is 0.344 e. The molecular weight excluding hydrogens is 126 g/mol. The molecule has 10 heavy (non-hydrogen) atoms. The molecule has 1 saturated heterocycles. The number of hydrogen-bond donors (Lipinski definition) is 0. The normalized spacial score (nSPS) is 28.4. The van der Waals surface area contributed by atoms with Crippen molar-refractivity contribution in [2.75, 3.05) is 21.1 Å². The summed E-state index contributed by atoms with van der Waals surface area (Å²) < 4.78 is 0. The van der Waals surface area contributed by atoms with Gasteiger partial charge in [0.05, 0.1) is 6.17 Å². The van der Waals surface area contributed by atoms with Gasteiger partial charge in [0.25, 0.3) is 0 Å². The lowest BCUT2D eigenvalue weighted by molar-refractivity contribution is 0.0659. The van der Waals surface area contributed by atoms with E-state index in [0.717, 1.165) is 5.82 Å². The van der Waals surface area contributed by atoms with E-state index in [4.69, 9.17) is 0 Å². The fourth-order valence-corrected chi connectivity index (χ4v) is 1.13. The third-order valence-corrected chi connectivity index (χ3v) is 2.36. The quantitative estimate of drug-likeness (QED) is 0.487. The summed E-state index contributed by atoms with van der Waals surface area (Å²) in [5, 5.41) is 4.19. The van der Waals surface area contributed by atoms with Crippen LogP contribution in [0.1, 0.15) is 6.92 Å². The van der Waals surface area contributed by atoms with E-state index >= 15 is 0 Å². The first kappa shape index (κ1) is 7.41. The Morgan fingerprint density at radius 2 is 1.80 bits per heavy atom. The van der Waals surface area contributed by atoms with Crippen LogP contribution in [0.4, 0.5) is 0 Å². The Labute approximate surface area is 62.5 Å². The Morgan fingerprint density at radius 1 is 1.30 bits per heavy atom. The molecule has 0 aliphatic carbocycles. The topological polar surface area (TPSA) is 9.72 Å². The molecule has 1 aliphatic rings. The van der Waals surface area contributed by atoms with Crippen LogP contribution in [0.25, 0.3) is 0 Å². The minimum atomic E-state index is 0.428. The van der Waals surface area contributed by atoms with Crippen molar-refractivity contribution >= 4 is 0 Å². The molecule has 3 heteroatoms. The van der Waals surface area contributed by atoms with E-state index in [9.17, 15) is 0 Å². The standard InChI is InChI=1S/C7H15N3/c1-6-8(3)7(2)10(5)9(6)4/h7H,1H2,2-5H3. The van der Waals surface area contributed by atoms with Crippen LogP contribution in [0.3, 0.4) is 0 Å². The summed E-state index contributed by atoms with van der Waals surface area (Å²) in [6.45, 7) is 6.07. The highest BCUT2D eigenvalue weighted by Crippen LogP contribution is 2.21. The molecule has 1 fully saturated rings. The van der Waals surface area contributed by atoms with Gasteiger partial charge in [0.2, 0.25) is 0 Å². The van der Waals surface area contributed by atoms with E-state index in [-0.39, 0.29) is 0 Å². The second-order valence-electron chi connectivity index (χ2n) is 2.76. The summed E-state index contributed by atoms with van der Waals surface area (Å²) >= 11 is 0. The molecule has 0 amide bonds. The first-order valence-corrected chi connectivity index (χ1v) is 3.44. The molecule has 0 N–H and O–H groups in total. The average Bonchev–Trinajstić information content (AvgIpc) is 2.07. The van der Waals surface area contributed by atoms with E-state index in [1.807, 2.05) is 19.1 Å². The molecule has 1 unspecified atom stereocenters.